The summed E-state index contributed by atoms with van der Waals surface area (Å²) in [5.41, 5.74) is 14.7. The average Bonchev–Trinajstić information content (AvgIpc) is 0.811. The lowest BCUT2D eigenvalue weighted by Gasteiger charge is -2.20. The number of allylic oxidation sites excluding steroid dienone is 12. The number of rotatable bonds is 76. The monoisotopic (exact) mass is 1420 g/mol. The average molecular weight is 1420 g/mol. The third-order valence-electron chi connectivity index (χ3n) is 21.8. The molecule has 2 aromatic carbocycles. The van der Waals surface area contributed by atoms with Gasteiger partial charge in [0, 0.05) is 0 Å². The predicted octanol–water partition coefficient (Wildman–Crippen LogP) is 35.1. The summed E-state index contributed by atoms with van der Waals surface area (Å²) in [6, 6.07) is 10.1. The van der Waals surface area contributed by atoms with Gasteiger partial charge in [-0.2, -0.15) is 0 Å². The van der Waals surface area contributed by atoms with Gasteiger partial charge in [0.15, 0.2) is 0 Å². The smallest absolute Gasteiger partial charge is 0.0668 e. The van der Waals surface area contributed by atoms with E-state index in [1.807, 2.05) is 0 Å². The Hall–Kier alpha value is -3.78. The van der Waals surface area contributed by atoms with Gasteiger partial charge in [0.05, 0.1) is 22.8 Å². The van der Waals surface area contributed by atoms with Crippen LogP contribution in [0.15, 0.2) is 107 Å². The van der Waals surface area contributed by atoms with E-state index in [-0.39, 0.29) is 0 Å². The second-order valence-electron chi connectivity index (χ2n) is 31.6. The highest BCUT2D eigenvalue weighted by molar-refractivity contribution is 6.43. The van der Waals surface area contributed by atoms with E-state index < -0.39 is 0 Å². The molecule has 103 heavy (non-hydrogen) atoms. The Morgan fingerprint density at radius 2 is 0.379 bits per heavy atom. The summed E-state index contributed by atoms with van der Waals surface area (Å²) in [6.45, 7) is 18.7. The van der Waals surface area contributed by atoms with Crippen LogP contribution >= 0.6 is 0 Å². The molecule has 0 atom stereocenters. The Bertz CT molecular complexity index is 2430. The van der Waals surface area contributed by atoms with Crippen molar-refractivity contribution in [2.24, 2.45) is 9.98 Å². The third-order valence-corrected chi connectivity index (χ3v) is 21.8. The molecule has 588 valence electrons. The Labute approximate surface area is 645 Å². The van der Waals surface area contributed by atoms with Crippen molar-refractivity contribution < 1.29 is 0 Å². The molecule has 0 aliphatic heterocycles. The fraction of sp³-hybridized carbons (Fsp3) is 0.743. The van der Waals surface area contributed by atoms with Gasteiger partial charge in [-0.15, -0.1) is 0 Å². The molecule has 0 saturated heterocycles. The molecule has 2 aromatic rings. The van der Waals surface area contributed by atoms with Crippen LogP contribution in [0.25, 0.3) is 0 Å². The first-order valence-corrected chi connectivity index (χ1v) is 46.4. The molecule has 0 spiro atoms. The van der Waals surface area contributed by atoms with Gasteiger partial charge in [-0.05, 0) is 264 Å². The minimum Gasteiger partial charge on any atom is -0.251 e. The molecule has 0 N–H and O–H groups in total. The Morgan fingerprint density at radius 1 is 0.194 bits per heavy atom. The Balaban J connectivity index is 2.96. The Morgan fingerprint density at radius 3 is 0.621 bits per heavy atom. The molecular formula is C101H174N2. The molecule has 0 radical (unpaired) electrons. The van der Waals surface area contributed by atoms with Crippen molar-refractivity contribution >= 4 is 22.8 Å². The molecule has 0 saturated carbocycles. The predicted molar refractivity (Wildman–Crippen MR) is 471 cm³/mol. The Kier molecular flexibility index (Phi) is 69.4. The van der Waals surface area contributed by atoms with Crippen LogP contribution in [0.3, 0.4) is 0 Å². The highest BCUT2D eigenvalue weighted by atomic mass is 14.8. The van der Waals surface area contributed by atoms with Crippen LogP contribution in [-0.4, -0.2) is 11.4 Å². The summed E-state index contributed by atoms with van der Waals surface area (Å²) in [4.78, 5) is 12.5. The molecule has 0 aliphatic rings. The maximum atomic E-state index is 6.24. The number of hydrogen-bond donors (Lipinski definition) is 0. The molecule has 0 unspecified atom stereocenters. The van der Waals surface area contributed by atoms with Gasteiger partial charge < -0.3 is 0 Å². The molecule has 0 heterocycles. The normalized spacial score (nSPS) is 12.6. The summed E-state index contributed by atoms with van der Waals surface area (Å²) in [5, 5.41) is 0. The van der Waals surface area contributed by atoms with Crippen LogP contribution in [0.4, 0.5) is 11.4 Å². The summed E-state index contributed by atoms with van der Waals surface area (Å²) in [6.07, 6.45) is 115. The molecule has 0 aliphatic carbocycles. The number of nitrogens with zero attached hydrogens (tertiary/aromatic N) is 2. The highest BCUT2D eigenvalue weighted by Gasteiger charge is 2.20. The third kappa shape index (κ3) is 54.5. The van der Waals surface area contributed by atoms with Crippen LogP contribution in [0.1, 0.15) is 480 Å². The molecule has 2 rings (SSSR count). The van der Waals surface area contributed by atoms with Crippen molar-refractivity contribution in [3.63, 3.8) is 0 Å². The van der Waals surface area contributed by atoms with E-state index in [1.165, 1.54) is 376 Å². The van der Waals surface area contributed by atoms with Crippen molar-refractivity contribution in [2.45, 2.75) is 486 Å². The molecular weight excluding hydrogens is 1240 g/mol. The number of hydrogen-bond acceptors (Lipinski definition) is 2. The second kappa shape index (κ2) is 75.0. The maximum absolute atomic E-state index is 6.24. The van der Waals surface area contributed by atoms with Gasteiger partial charge in [-0.1, -0.05) is 352 Å². The zero-order valence-electron chi connectivity index (χ0n) is 70.5. The topological polar surface area (TPSA) is 24.7 Å². The minimum absolute atomic E-state index is 1.00. The zero-order chi connectivity index (χ0) is 73.9. The lowest BCUT2D eigenvalue weighted by molar-refractivity contribution is 0.524. The SMILES string of the molecule is CCCCC/C=C/CCCc1ccc(N=C(CCCCCC)C(CCCCCCCCCCCCCCCCCCCCC)=Nc2ccc(CCC/C=C/CCCCC)c(CCC/C=C/CCCCC)c2CCC/C=C/CCCCC)c(CCC/C=C/CCCCC)c1CCC/C=C/CCCCC. The van der Waals surface area contributed by atoms with Gasteiger partial charge in [0.1, 0.15) is 0 Å². The van der Waals surface area contributed by atoms with Gasteiger partial charge in [0.25, 0.3) is 0 Å². The van der Waals surface area contributed by atoms with Crippen molar-refractivity contribution in [3.05, 3.63) is 131 Å². The first-order valence-electron chi connectivity index (χ1n) is 46.4. The van der Waals surface area contributed by atoms with Gasteiger partial charge >= 0.3 is 0 Å². The van der Waals surface area contributed by atoms with Crippen LogP contribution in [0.2, 0.25) is 0 Å². The molecule has 0 amide bonds. The largest absolute Gasteiger partial charge is 0.251 e. The standard InChI is InChI=1S/C101H174N2/c1-9-17-25-33-40-47-48-49-50-51-52-53-54-55-56-57-64-71-79-87-101(103-99-91-89-93(81-73-66-59-42-35-27-19-11-3)95(83-75-68-61-44-37-29-21-13-5)97(99)85-77-70-63-46-39-31-23-15-7)100(86-78-32-24-16-8)102-98-90-88-92(80-72-65-58-41-34-26-18-10-2)94(82-74-67-60-43-36-28-20-12-4)96(98)84-76-69-62-45-38-30-22-14-6/h41-46,58-63,88-91H,9-40,47-57,64-87H2,1-8H3/b58-41+,59-42+,60-43+,61-44+,62-45+,63-46+,102-100?,103-101?. The van der Waals surface area contributed by atoms with Crippen molar-refractivity contribution in [3.8, 4) is 0 Å². The molecule has 0 fully saturated rings. The fourth-order valence-corrected chi connectivity index (χ4v) is 15.1. The van der Waals surface area contributed by atoms with E-state index in [4.69, 9.17) is 9.98 Å². The lowest BCUT2D eigenvalue weighted by atomic mass is 9.89. The second-order valence-corrected chi connectivity index (χ2v) is 31.6. The fourth-order valence-electron chi connectivity index (χ4n) is 15.1. The van der Waals surface area contributed by atoms with Crippen LogP contribution in [0.5, 0.6) is 0 Å². The van der Waals surface area contributed by atoms with Gasteiger partial charge in [-0.3, -0.25) is 9.98 Å². The van der Waals surface area contributed by atoms with Crippen molar-refractivity contribution in [1.29, 1.82) is 0 Å². The molecule has 2 nitrogen and oxygen atoms in total. The van der Waals surface area contributed by atoms with Gasteiger partial charge in [-0.25, -0.2) is 0 Å². The number of aryl methyl sites for hydroxylation is 2. The quantitative estimate of drug-likeness (QED) is 0.0358. The van der Waals surface area contributed by atoms with Crippen LogP contribution in [0, 0.1) is 0 Å². The zero-order valence-corrected chi connectivity index (χ0v) is 70.5. The van der Waals surface area contributed by atoms with Crippen molar-refractivity contribution in [1.82, 2.24) is 0 Å². The van der Waals surface area contributed by atoms with E-state index >= 15 is 0 Å². The number of aliphatic imine (C=N–C) groups is 2. The lowest BCUT2D eigenvalue weighted by Crippen LogP contribution is -2.15. The molecule has 0 aromatic heterocycles. The van der Waals surface area contributed by atoms with E-state index in [1.54, 1.807) is 33.4 Å². The summed E-state index contributed by atoms with van der Waals surface area (Å²) in [7, 11) is 0. The number of unbranched alkanes of at least 4 members (excludes halogenated alkanes) is 45. The summed E-state index contributed by atoms with van der Waals surface area (Å²) in [5.74, 6) is 0. The molecule has 2 heteroatoms. The summed E-state index contributed by atoms with van der Waals surface area (Å²) < 4.78 is 0. The van der Waals surface area contributed by atoms with Crippen molar-refractivity contribution in [2.75, 3.05) is 0 Å². The first kappa shape index (κ1) is 95.3. The first-order chi connectivity index (χ1) is 51.0. The minimum atomic E-state index is 1.00. The van der Waals surface area contributed by atoms with E-state index in [9.17, 15) is 0 Å². The van der Waals surface area contributed by atoms with E-state index in [0.717, 1.165) is 77.0 Å². The summed E-state index contributed by atoms with van der Waals surface area (Å²) >= 11 is 0. The highest BCUT2D eigenvalue weighted by Crippen LogP contribution is 2.35. The van der Waals surface area contributed by atoms with Crippen LogP contribution in [-0.2, 0) is 38.5 Å². The van der Waals surface area contributed by atoms with Crippen LogP contribution < -0.4 is 0 Å². The van der Waals surface area contributed by atoms with E-state index in [2.05, 4.69) is 153 Å². The maximum Gasteiger partial charge on any atom is 0.0668 e. The van der Waals surface area contributed by atoms with Gasteiger partial charge in [0.2, 0.25) is 0 Å². The molecule has 0 bridgehead atoms. The van der Waals surface area contributed by atoms with E-state index in [0.29, 0.717) is 0 Å². The number of benzene rings is 2.